The summed E-state index contributed by atoms with van der Waals surface area (Å²) in [6, 6.07) is 30.6. The molecule has 0 radical (unpaired) electrons. The summed E-state index contributed by atoms with van der Waals surface area (Å²) in [5.41, 5.74) is 4.06. The van der Waals surface area contributed by atoms with E-state index < -0.39 is 0 Å². The number of benzene rings is 3. The molecule has 0 aromatic heterocycles. The van der Waals surface area contributed by atoms with Crippen LogP contribution in [-0.2, 0) is 4.79 Å². The van der Waals surface area contributed by atoms with E-state index in [1.165, 1.54) is 16.7 Å². The summed E-state index contributed by atoms with van der Waals surface area (Å²) in [6.07, 6.45) is 0.667. The van der Waals surface area contributed by atoms with Gasteiger partial charge in [0.1, 0.15) is 5.78 Å². The van der Waals surface area contributed by atoms with Crippen LogP contribution in [-0.4, -0.2) is 5.78 Å². The Labute approximate surface area is 159 Å². The number of ketones is 1. The summed E-state index contributed by atoms with van der Waals surface area (Å²) in [5, 5.41) is 0. The Morgan fingerprint density at radius 2 is 0.885 bits per heavy atom. The van der Waals surface area contributed by atoms with Gasteiger partial charge in [-0.25, -0.2) is 0 Å². The molecular weight excluding hydrogens is 316 g/mol. The van der Waals surface area contributed by atoms with Gasteiger partial charge in [-0.1, -0.05) is 103 Å². The summed E-state index contributed by atoms with van der Waals surface area (Å²) >= 11 is 0. The molecule has 0 N–H and O–H groups in total. The third-order valence-electron chi connectivity index (χ3n) is 3.53. The molecule has 0 spiro atoms. The average Bonchev–Trinajstić information content (AvgIpc) is 2.68. The highest BCUT2D eigenvalue weighted by atomic mass is 16.1. The first-order chi connectivity index (χ1) is 12.5. The number of aryl methyl sites for hydroxylation is 3. The molecule has 0 saturated carbocycles. The number of hydrogen-bond donors (Lipinski definition) is 0. The van der Waals surface area contributed by atoms with Crippen molar-refractivity contribution in [3.63, 3.8) is 0 Å². The topological polar surface area (TPSA) is 17.1 Å². The molecule has 0 saturated heterocycles. The molecular formula is C25H32O. The van der Waals surface area contributed by atoms with Crippen molar-refractivity contribution in [2.75, 3.05) is 0 Å². The van der Waals surface area contributed by atoms with Gasteiger partial charge in [-0.2, -0.15) is 0 Å². The first kappa shape index (κ1) is 23.3. The van der Waals surface area contributed by atoms with Crippen LogP contribution in [0.5, 0.6) is 0 Å². The van der Waals surface area contributed by atoms with Crippen molar-refractivity contribution >= 4 is 5.78 Å². The molecule has 1 nitrogen and oxygen atoms in total. The zero-order valence-electron chi connectivity index (χ0n) is 16.8. The molecule has 1 heteroatoms. The number of rotatable bonds is 1. The molecule has 0 aliphatic carbocycles. The first-order valence-corrected chi connectivity index (χ1v) is 9.00. The van der Waals surface area contributed by atoms with Crippen molar-refractivity contribution in [3.05, 3.63) is 108 Å². The van der Waals surface area contributed by atoms with Gasteiger partial charge in [0.05, 0.1) is 0 Å². The summed E-state index contributed by atoms with van der Waals surface area (Å²) in [6.45, 7) is 9.76. The Morgan fingerprint density at radius 1 is 0.615 bits per heavy atom. The van der Waals surface area contributed by atoms with Crippen molar-refractivity contribution in [2.24, 2.45) is 0 Å². The molecule has 0 heterocycles. The van der Waals surface area contributed by atoms with Crippen molar-refractivity contribution in [3.8, 4) is 0 Å². The Kier molecular flexibility index (Phi) is 14.2. The first-order valence-electron chi connectivity index (χ1n) is 9.00. The van der Waals surface area contributed by atoms with Gasteiger partial charge >= 0.3 is 0 Å². The molecule has 26 heavy (non-hydrogen) atoms. The minimum Gasteiger partial charge on any atom is -0.300 e. The van der Waals surface area contributed by atoms with Crippen LogP contribution in [0.1, 0.15) is 37.0 Å². The second-order valence-corrected chi connectivity index (χ2v) is 5.95. The standard InChI is InChI=1S/C8H10.C7H8.C6H6.C4H8O/c1-7-5-3-4-6-8(7)2;1-7-5-3-2-4-6-7;1-2-4-6-5-3-1;1-3-4(2)5/h3-6H,1-2H3;2-6H,1H3;1-6H;3H2,1-2H3. The maximum absolute atomic E-state index is 9.81. The van der Waals surface area contributed by atoms with Crippen LogP contribution in [0, 0.1) is 20.8 Å². The second kappa shape index (κ2) is 15.8. The minimum atomic E-state index is 0.255. The summed E-state index contributed by atoms with van der Waals surface area (Å²) in [4.78, 5) is 9.81. The smallest absolute Gasteiger partial charge is 0.129 e. The SMILES string of the molecule is CCC(C)=O.Cc1ccccc1.Cc1ccccc1C.c1ccccc1. The van der Waals surface area contributed by atoms with Crippen LogP contribution in [0.3, 0.4) is 0 Å². The lowest BCUT2D eigenvalue weighted by molar-refractivity contribution is -0.116. The largest absolute Gasteiger partial charge is 0.300 e. The highest BCUT2D eigenvalue weighted by Gasteiger charge is 1.83. The van der Waals surface area contributed by atoms with E-state index in [4.69, 9.17) is 0 Å². The zero-order valence-corrected chi connectivity index (χ0v) is 16.8. The van der Waals surface area contributed by atoms with Crippen molar-refractivity contribution in [2.45, 2.75) is 41.0 Å². The highest BCUT2D eigenvalue weighted by Crippen LogP contribution is 2.02. The van der Waals surface area contributed by atoms with Gasteiger partial charge in [0, 0.05) is 6.42 Å². The summed E-state index contributed by atoms with van der Waals surface area (Å²) < 4.78 is 0. The number of carbonyl (C=O) groups excluding carboxylic acids is 1. The predicted octanol–water partition coefficient (Wildman–Crippen LogP) is 6.97. The summed E-state index contributed by atoms with van der Waals surface area (Å²) in [5.74, 6) is 0.255. The maximum Gasteiger partial charge on any atom is 0.129 e. The molecule has 0 aliphatic heterocycles. The second-order valence-electron chi connectivity index (χ2n) is 5.95. The number of hydrogen-bond acceptors (Lipinski definition) is 1. The molecule has 0 fully saturated rings. The highest BCUT2D eigenvalue weighted by molar-refractivity contribution is 5.74. The van der Waals surface area contributed by atoms with Gasteiger partial charge in [-0.15, -0.1) is 0 Å². The Bertz CT molecular complexity index is 640. The molecule has 3 aromatic rings. The van der Waals surface area contributed by atoms with Gasteiger partial charge in [0.2, 0.25) is 0 Å². The quantitative estimate of drug-likeness (QED) is 0.464. The average molecular weight is 349 g/mol. The van der Waals surface area contributed by atoms with Gasteiger partial charge in [-0.3, -0.25) is 0 Å². The minimum absolute atomic E-state index is 0.255. The van der Waals surface area contributed by atoms with Gasteiger partial charge in [0.15, 0.2) is 0 Å². The lowest BCUT2D eigenvalue weighted by Gasteiger charge is -1.93. The Hall–Kier alpha value is -2.67. The Balaban J connectivity index is 0.000000326. The van der Waals surface area contributed by atoms with Crippen LogP contribution in [0.2, 0.25) is 0 Å². The van der Waals surface area contributed by atoms with Crippen LogP contribution in [0.15, 0.2) is 91.0 Å². The van der Waals surface area contributed by atoms with Crippen molar-refractivity contribution in [1.82, 2.24) is 0 Å². The van der Waals surface area contributed by atoms with E-state index in [2.05, 4.69) is 57.2 Å². The molecule has 0 aliphatic rings. The predicted molar refractivity (Wildman–Crippen MR) is 115 cm³/mol. The van der Waals surface area contributed by atoms with Gasteiger partial charge < -0.3 is 4.79 Å². The lowest BCUT2D eigenvalue weighted by Crippen LogP contribution is -1.80. The molecule has 0 bridgehead atoms. The maximum atomic E-state index is 9.81. The molecule has 3 aromatic carbocycles. The zero-order chi connectivity index (χ0) is 19.6. The molecule has 0 unspecified atom stereocenters. The fourth-order valence-corrected chi connectivity index (χ4v) is 1.58. The van der Waals surface area contributed by atoms with Crippen molar-refractivity contribution < 1.29 is 4.79 Å². The lowest BCUT2D eigenvalue weighted by atomic mass is 10.1. The van der Waals surface area contributed by atoms with E-state index in [1.54, 1.807) is 6.92 Å². The monoisotopic (exact) mass is 348 g/mol. The fraction of sp³-hybridized carbons (Fsp3) is 0.240. The van der Waals surface area contributed by atoms with Crippen LogP contribution in [0.4, 0.5) is 0 Å². The van der Waals surface area contributed by atoms with E-state index in [1.807, 2.05) is 61.5 Å². The van der Waals surface area contributed by atoms with E-state index in [9.17, 15) is 4.79 Å². The molecule has 138 valence electrons. The van der Waals surface area contributed by atoms with Crippen LogP contribution < -0.4 is 0 Å². The molecule has 0 amide bonds. The van der Waals surface area contributed by atoms with E-state index >= 15 is 0 Å². The third kappa shape index (κ3) is 14.9. The van der Waals surface area contributed by atoms with E-state index in [0.29, 0.717) is 6.42 Å². The summed E-state index contributed by atoms with van der Waals surface area (Å²) in [7, 11) is 0. The molecule has 0 atom stereocenters. The third-order valence-corrected chi connectivity index (χ3v) is 3.53. The van der Waals surface area contributed by atoms with Gasteiger partial charge in [0.25, 0.3) is 0 Å². The number of Topliss-reactive ketones (excluding diaryl/α,β-unsaturated/α-hetero) is 1. The fourth-order valence-electron chi connectivity index (χ4n) is 1.58. The van der Waals surface area contributed by atoms with E-state index in [-0.39, 0.29) is 5.78 Å². The number of carbonyl (C=O) groups is 1. The van der Waals surface area contributed by atoms with Crippen LogP contribution >= 0.6 is 0 Å². The van der Waals surface area contributed by atoms with Crippen molar-refractivity contribution in [1.29, 1.82) is 0 Å². The Morgan fingerprint density at radius 3 is 1.08 bits per heavy atom. The normalized spacial score (nSPS) is 8.50. The molecule has 3 rings (SSSR count). The van der Waals surface area contributed by atoms with Crippen LogP contribution in [0.25, 0.3) is 0 Å². The van der Waals surface area contributed by atoms with Gasteiger partial charge in [-0.05, 0) is 38.8 Å². The van der Waals surface area contributed by atoms with E-state index in [0.717, 1.165) is 0 Å².